The zero-order valence-electron chi connectivity index (χ0n) is 9.74. The Balaban J connectivity index is 2.11. The number of pyridine rings is 1. The van der Waals surface area contributed by atoms with Gasteiger partial charge in [-0.2, -0.15) is 0 Å². The van der Waals surface area contributed by atoms with Gasteiger partial charge in [-0.1, -0.05) is 0 Å². The number of anilines is 1. The van der Waals surface area contributed by atoms with Crippen molar-refractivity contribution in [1.82, 2.24) is 4.98 Å². The molecule has 6 nitrogen and oxygen atoms in total. The normalized spacial score (nSPS) is 19.6. The van der Waals surface area contributed by atoms with Gasteiger partial charge in [0.25, 0.3) is 0 Å². The van der Waals surface area contributed by atoms with E-state index in [4.69, 9.17) is 10.2 Å². The summed E-state index contributed by atoms with van der Waals surface area (Å²) >= 11 is 0. The number of carboxylic acid groups (broad SMARTS) is 2. The fourth-order valence-corrected chi connectivity index (χ4v) is 2.09. The predicted octanol–water partition coefficient (Wildman–Crippen LogP) is 1.08. The van der Waals surface area contributed by atoms with Gasteiger partial charge in [0.05, 0.1) is 11.5 Å². The summed E-state index contributed by atoms with van der Waals surface area (Å²) in [6.07, 6.45) is 2.78. The van der Waals surface area contributed by atoms with E-state index in [1.807, 2.05) is 4.90 Å². The number of aromatic nitrogens is 1. The SMILES string of the molecule is O=C(O)c1ccc(N2CCCC(C(=O)O)C2)nc1. The first-order valence-corrected chi connectivity index (χ1v) is 5.75. The highest BCUT2D eigenvalue weighted by Crippen LogP contribution is 2.21. The summed E-state index contributed by atoms with van der Waals surface area (Å²) in [7, 11) is 0. The van der Waals surface area contributed by atoms with E-state index >= 15 is 0 Å². The van der Waals surface area contributed by atoms with Crippen molar-refractivity contribution in [3.05, 3.63) is 23.9 Å². The zero-order chi connectivity index (χ0) is 13.1. The molecule has 1 aliphatic heterocycles. The summed E-state index contributed by atoms with van der Waals surface area (Å²) < 4.78 is 0. The van der Waals surface area contributed by atoms with Crippen molar-refractivity contribution in [2.24, 2.45) is 5.92 Å². The number of aromatic carboxylic acids is 1. The summed E-state index contributed by atoms with van der Waals surface area (Å²) in [5.41, 5.74) is 0.130. The molecular weight excluding hydrogens is 236 g/mol. The van der Waals surface area contributed by atoms with Crippen molar-refractivity contribution in [2.45, 2.75) is 12.8 Å². The lowest BCUT2D eigenvalue weighted by Crippen LogP contribution is -2.39. The molecule has 2 heterocycles. The summed E-state index contributed by atoms with van der Waals surface area (Å²) in [6, 6.07) is 3.10. The number of piperidine rings is 1. The lowest BCUT2D eigenvalue weighted by Gasteiger charge is -2.31. The van der Waals surface area contributed by atoms with E-state index in [9.17, 15) is 9.59 Å². The van der Waals surface area contributed by atoms with Crippen LogP contribution >= 0.6 is 0 Å². The van der Waals surface area contributed by atoms with Crippen LogP contribution in [0.5, 0.6) is 0 Å². The summed E-state index contributed by atoms with van der Waals surface area (Å²) in [4.78, 5) is 27.6. The minimum atomic E-state index is -1.02. The highest BCUT2D eigenvalue weighted by molar-refractivity contribution is 5.87. The van der Waals surface area contributed by atoms with Crippen LogP contribution in [0.1, 0.15) is 23.2 Å². The highest BCUT2D eigenvalue weighted by atomic mass is 16.4. The lowest BCUT2D eigenvalue weighted by molar-refractivity contribution is -0.141. The Bertz CT molecular complexity index is 458. The topological polar surface area (TPSA) is 90.7 Å². The van der Waals surface area contributed by atoms with Gasteiger partial charge in [-0.25, -0.2) is 9.78 Å². The van der Waals surface area contributed by atoms with Crippen molar-refractivity contribution in [2.75, 3.05) is 18.0 Å². The molecule has 1 fully saturated rings. The molecule has 1 atom stereocenters. The van der Waals surface area contributed by atoms with Crippen LogP contribution < -0.4 is 4.90 Å². The number of rotatable bonds is 3. The van der Waals surface area contributed by atoms with Gasteiger partial charge < -0.3 is 15.1 Å². The maximum atomic E-state index is 10.9. The van der Waals surface area contributed by atoms with Gasteiger partial charge in [0.2, 0.25) is 0 Å². The standard InChI is InChI=1S/C12H14N2O4/c15-11(16)8-3-4-10(13-6-8)14-5-1-2-9(7-14)12(17)18/h3-4,6,9H,1-2,5,7H2,(H,15,16)(H,17,18). The first kappa shape index (κ1) is 12.3. The van der Waals surface area contributed by atoms with Crippen molar-refractivity contribution < 1.29 is 19.8 Å². The van der Waals surface area contributed by atoms with Gasteiger partial charge in [-0.3, -0.25) is 4.79 Å². The van der Waals surface area contributed by atoms with E-state index in [1.165, 1.54) is 12.3 Å². The number of carboxylic acids is 2. The van der Waals surface area contributed by atoms with Crippen LogP contribution in [0.2, 0.25) is 0 Å². The third kappa shape index (κ3) is 2.58. The quantitative estimate of drug-likeness (QED) is 0.834. The van der Waals surface area contributed by atoms with Gasteiger partial charge in [-0.15, -0.1) is 0 Å². The summed E-state index contributed by atoms with van der Waals surface area (Å²) in [5.74, 6) is -1.55. The van der Waals surface area contributed by atoms with Gasteiger partial charge in [0.1, 0.15) is 5.82 Å². The van der Waals surface area contributed by atoms with E-state index in [-0.39, 0.29) is 11.5 Å². The second-order valence-corrected chi connectivity index (χ2v) is 4.33. The van der Waals surface area contributed by atoms with Crippen molar-refractivity contribution in [1.29, 1.82) is 0 Å². The van der Waals surface area contributed by atoms with Gasteiger partial charge >= 0.3 is 11.9 Å². The van der Waals surface area contributed by atoms with E-state index in [1.54, 1.807) is 6.07 Å². The molecule has 96 valence electrons. The number of nitrogens with zero attached hydrogens (tertiary/aromatic N) is 2. The molecule has 0 spiro atoms. The van der Waals surface area contributed by atoms with E-state index < -0.39 is 11.9 Å². The molecule has 1 aliphatic rings. The second-order valence-electron chi connectivity index (χ2n) is 4.33. The Labute approximate surface area is 104 Å². The first-order chi connectivity index (χ1) is 8.58. The number of aliphatic carboxylic acids is 1. The highest BCUT2D eigenvalue weighted by Gasteiger charge is 2.26. The molecule has 1 aromatic heterocycles. The van der Waals surface area contributed by atoms with Gasteiger partial charge in [-0.05, 0) is 25.0 Å². The smallest absolute Gasteiger partial charge is 0.337 e. The summed E-state index contributed by atoms with van der Waals surface area (Å²) in [6.45, 7) is 1.18. The third-order valence-electron chi connectivity index (χ3n) is 3.09. The number of carbonyl (C=O) groups is 2. The van der Waals surface area contributed by atoms with E-state index in [2.05, 4.69) is 4.98 Å². The Morgan fingerprint density at radius 3 is 2.67 bits per heavy atom. The Morgan fingerprint density at radius 2 is 2.11 bits per heavy atom. The van der Waals surface area contributed by atoms with E-state index in [0.29, 0.717) is 18.8 Å². The fourth-order valence-electron chi connectivity index (χ4n) is 2.09. The minimum Gasteiger partial charge on any atom is -0.481 e. The maximum Gasteiger partial charge on any atom is 0.337 e. The molecule has 1 saturated heterocycles. The average Bonchev–Trinajstić information content (AvgIpc) is 2.39. The molecule has 2 rings (SSSR count). The maximum absolute atomic E-state index is 10.9. The Hall–Kier alpha value is -2.11. The number of hydrogen-bond acceptors (Lipinski definition) is 4. The van der Waals surface area contributed by atoms with Crippen LogP contribution in [0, 0.1) is 5.92 Å². The molecule has 6 heteroatoms. The van der Waals surface area contributed by atoms with Crippen LogP contribution in [0.15, 0.2) is 18.3 Å². The Morgan fingerprint density at radius 1 is 1.33 bits per heavy atom. The van der Waals surface area contributed by atoms with Crippen LogP contribution in [-0.2, 0) is 4.79 Å². The van der Waals surface area contributed by atoms with Crippen LogP contribution in [0.25, 0.3) is 0 Å². The van der Waals surface area contributed by atoms with Crippen molar-refractivity contribution in [3.63, 3.8) is 0 Å². The second kappa shape index (κ2) is 5.03. The molecule has 1 aromatic rings. The predicted molar refractivity (Wildman–Crippen MR) is 63.8 cm³/mol. The largest absolute Gasteiger partial charge is 0.481 e. The van der Waals surface area contributed by atoms with Crippen LogP contribution in [0.3, 0.4) is 0 Å². The molecule has 1 unspecified atom stereocenters. The monoisotopic (exact) mass is 250 g/mol. The van der Waals surface area contributed by atoms with Crippen LogP contribution in [-0.4, -0.2) is 40.2 Å². The third-order valence-corrected chi connectivity index (χ3v) is 3.09. The molecular formula is C12H14N2O4. The van der Waals surface area contributed by atoms with E-state index in [0.717, 1.165) is 13.0 Å². The lowest BCUT2D eigenvalue weighted by atomic mass is 9.98. The molecule has 0 amide bonds. The summed E-state index contributed by atoms with van der Waals surface area (Å²) in [5, 5.41) is 17.8. The molecule has 18 heavy (non-hydrogen) atoms. The average molecular weight is 250 g/mol. The fraction of sp³-hybridized carbons (Fsp3) is 0.417. The first-order valence-electron chi connectivity index (χ1n) is 5.75. The molecule has 2 N–H and O–H groups in total. The van der Waals surface area contributed by atoms with Crippen molar-refractivity contribution in [3.8, 4) is 0 Å². The van der Waals surface area contributed by atoms with Gasteiger partial charge in [0, 0.05) is 19.3 Å². The molecule has 0 bridgehead atoms. The molecule has 0 radical (unpaired) electrons. The zero-order valence-corrected chi connectivity index (χ0v) is 9.74. The van der Waals surface area contributed by atoms with Crippen LogP contribution in [0.4, 0.5) is 5.82 Å². The number of hydrogen-bond donors (Lipinski definition) is 2. The molecule has 0 saturated carbocycles. The minimum absolute atomic E-state index is 0.130. The molecule has 0 aliphatic carbocycles. The molecule has 0 aromatic carbocycles. The van der Waals surface area contributed by atoms with Crippen molar-refractivity contribution >= 4 is 17.8 Å². The Kier molecular flexibility index (Phi) is 3.45. The van der Waals surface area contributed by atoms with Gasteiger partial charge in [0.15, 0.2) is 0 Å².